The van der Waals surface area contributed by atoms with Gasteiger partial charge < -0.3 is 9.80 Å². The Balaban J connectivity index is 1.61. The van der Waals surface area contributed by atoms with E-state index in [2.05, 4.69) is 5.10 Å². The number of carbonyl (C=O) groups excluding carboxylic acids is 2. The zero-order valence-electron chi connectivity index (χ0n) is 16.0. The van der Waals surface area contributed by atoms with Crippen molar-refractivity contribution in [1.82, 2.24) is 19.6 Å². The lowest BCUT2D eigenvalue weighted by atomic mass is 9.96. The highest BCUT2D eigenvalue weighted by Gasteiger charge is 2.24. The molecule has 0 spiro atoms. The highest BCUT2D eigenvalue weighted by molar-refractivity contribution is 5.94. The molecule has 26 heavy (non-hydrogen) atoms. The van der Waals surface area contributed by atoms with Gasteiger partial charge in [0.1, 0.15) is 12.2 Å². The van der Waals surface area contributed by atoms with Gasteiger partial charge in [-0.2, -0.15) is 5.10 Å². The molecule has 1 saturated heterocycles. The second-order valence-electron chi connectivity index (χ2n) is 7.59. The minimum absolute atomic E-state index is 0.0637. The van der Waals surface area contributed by atoms with Gasteiger partial charge in [0.05, 0.1) is 6.04 Å². The van der Waals surface area contributed by atoms with Gasteiger partial charge in [-0.3, -0.25) is 14.3 Å². The molecule has 6 nitrogen and oxygen atoms in total. The molecule has 2 aliphatic rings. The fourth-order valence-corrected chi connectivity index (χ4v) is 4.07. The molecule has 0 aromatic carbocycles. The molecule has 6 heteroatoms. The van der Waals surface area contributed by atoms with Crippen molar-refractivity contribution in [1.29, 1.82) is 0 Å². The minimum Gasteiger partial charge on any atom is -0.341 e. The average molecular weight is 361 g/mol. The molecule has 0 radical (unpaired) electrons. The Kier molecular flexibility index (Phi) is 6.69. The molecular formula is C20H32N4O2. The van der Waals surface area contributed by atoms with Gasteiger partial charge in [0.25, 0.3) is 5.91 Å². The Labute approximate surface area is 156 Å². The summed E-state index contributed by atoms with van der Waals surface area (Å²) in [4.78, 5) is 29.0. The summed E-state index contributed by atoms with van der Waals surface area (Å²) in [6.45, 7) is 4.24. The molecule has 0 unspecified atom stereocenters. The normalized spacial score (nSPS) is 19.2. The standard InChI is InChI=1S/C20H32N4O2/c1-2-22(16-19(25)23-13-8-3-4-9-14-23)20(26)18-12-15-24(21-18)17-10-6-5-7-11-17/h12,15,17H,2-11,13-14,16H2,1H3. The van der Waals surface area contributed by atoms with Crippen LogP contribution in [0.25, 0.3) is 0 Å². The molecule has 2 amide bonds. The summed E-state index contributed by atoms with van der Waals surface area (Å²) in [7, 11) is 0. The first-order valence-corrected chi connectivity index (χ1v) is 10.3. The highest BCUT2D eigenvalue weighted by Crippen LogP contribution is 2.27. The van der Waals surface area contributed by atoms with Crippen molar-refractivity contribution in [2.75, 3.05) is 26.2 Å². The molecule has 0 bridgehead atoms. The molecule has 1 aliphatic carbocycles. The molecule has 144 valence electrons. The predicted molar refractivity (Wildman–Crippen MR) is 101 cm³/mol. The molecule has 1 aromatic rings. The number of rotatable bonds is 5. The molecule has 2 fully saturated rings. The lowest BCUT2D eigenvalue weighted by molar-refractivity contribution is -0.131. The van der Waals surface area contributed by atoms with Crippen LogP contribution < -0.4 is 0 Å². The number of carbonyl (C=O) groups is 2. The monoisotopic (exact) mass is 360 g/mol. The highest BCUT2D eigenvalue weighted by atomic mass is 16.2. The van der Waals surface area contributed by atoms with Crippen LogP contribution in [0.4, 0.5) is 0 Å². The van der Waals surface area contributed by atoms with Crippen LogP contribution in [0.2, 0.25) is 0 Å². The topological polar surface area (TPSA) is 58.4 Å². The summed E-state index contributed by atoms with van der Waals surface area (Å²) in [5.41, 5.74) is 0.459. The van der Waals surface area contributed by atoms with E-state index in [4.69, 9.17) is 0 Å². The van der Waals surface area contributed by atoms with Crippen molar-refractivity contribution in [3.8, 4) is 0 Å². The van der Waals surface area contributed by atoms with E-state index < -0.39 is 0 Å². The second kappa shape index (κ2) is 9.19. The summed E-state index contributed by atoms with van der Waals surface area (Å²) >= 11 is 0. The second-order valence-corrected chi connectivity index (χ2v) is 7.59. The lowest BCUT2D eigenvalue weighted by Gasteiger charge is -2.25. The van der Waals surface area contributed by atoms with Gasteiger partial charge in [0.2, 0.25) is 5.91 Å². The van der Waals surface area contributed by atoms with Crippen LogP contribution in [0.1, 0.15) is 81.2 Å². The van der Waals surface area contributed by atoms with Crippen LogP contribution in [0.15, 0.2) is 12.3 Å². The van der Waals surface area contributed by atoms with Crippen LogP contribution in [0.3, 0.4) is 0 Å². The first-order chi connectivity index (χ1) is 12.7. The first kappa shape index (κ1) is 18.9. The van der Waals surface area contributed by atoms with E-state index in [1.54, 1.807) is 11.0 Å². The van der Waals surface area contributed by atoms with E-state index in [9.17, 15) is 9.59 Å². The maximum atomic E-state index is 12.8. The number of aromatic nitrogens is 2. The number of nitrogens with zero attached hydrogens (tertiary/aromatic N) is 4. The van der Waals surface area contributed by atoms with E-state index in [1.165, 1.54) is 32.1 Å². The Morgan fingerprint density at radius 1 is 1.08 bits per heavy atom. The van der Waals surface area contributed by atoms with Gasteiger partial charge >= 0.3 is 0 Å². The Bertz CT molecular complexity index is 599. The third-order valence-electron chi connectivity index (χ3n) is 5.73. The molecule has 3 rings (SSSR count). The van der Waals surface area contributed by atoms with Gasteiger partial charge in [0.15, 0.2) is 0 Å². The fourth-order valence-electron chi connectivity index (χ4n) is 4.07. The van der Waals surface area contributed by atoms with Crippen LogP contribution in [-0.2, 0) is 4.79 Å². The Morgan fingerprint density at radius 2 is 1.73 bits per heavy atom. The van der Waals surface area contributed by atoms with E-state index in [0.717, 1.165) is 38.8 Å². The molecule has 2 heterocycles. The molecule has 1 aliphatic heterocycles. The van der Waals surface area contributed by atoms with Crippen LogP contribution in [-0.4, -0.2) is 57.6 Å². The zero-order valence-corrected chi connectivity index (χ0v) is 16.0. The van der Waals surface area contributed by atoms with Crippen molar-refractivity contribution in [2.24, 2.45) is 0 Å². The lowest BCUT2D eigenvalue weighted by Crippen LogP contribution is -2.43. The van der Waals surface area contributed by atoms with Gasteiger partial charge in [0, 0.05) is 25.8 Å². The predicted octanol–water partition coefficient (Wildman–Crippen LogP) is 3.25. The van der Waals surface area contributed by atoms with E-state index in [-0.39, 0.29) is 18.4 Å². The van der Waals surface area contributed by atoms with E-state index in [1.807, 2.05) is 22.7 Å². The van der Waals surface area contributed by atoms with Crippen molar-refractivity contribution < 1.29 is 9.59 Å². The molecule has 1 saturated carbocycles. The molecule has 1 aromatic heterocycles. The Morgan fingerprint density at radius 3 is 2.38 bits per heavy atom. The van der Waals surface area contributed by atoms with Crippen molar-refractivity contribution in [2.45, 2.75) is 70.8 Å². The third kappa shape index (κ3) is 4.65. The van der Waals surface area contributed by atoms with Gasteiger partial charge in [-0.1, -0.05) is 32.1 Å². The summed E-state index contributed by atoms with van der Waals surface area (Å²) in [5.74, 6) is -0.0703. The van der Waals surface area contributed by atoms with Crippen molar-refractivity contribution in [3.63, 3.8) is 0 Å². The largest absolute Gasteiger partial charge is 0.341 e. The van der Waals surface area contributed by atoms with Crippen molar-refractivity contribution in [3.05, 3.63) is 18.0 Å². The Hall–Kier alpha value is -1.85. The summed E-state index contributed by atoms with van der Waals surface area (Å²) in [5, 5.41) is 4.54. The van der Waals surface area contributed by atoms with Crippen LogP contribution >= 0.6 is 0 Å². The smallest absolute Gasteiger partial charge is 0.274 e. The number of likely N-dealkylation sites (tertiary alicyclic amines) is 1. The van der Waals surface area contributed by atoms with Gasteiger partial charge in [-0.05, 0) is 38.7 Å². The number of likely N-dealkylation sites (N-methyl/N-ethyl adjacent to an activating group) is 1. The molecular weight excluding hydrogens is 328 g/mol. The van der Waals surface area contributed by atoms with E-state index >= 15 is 0 Å². The number of hydrogen-bond donors (Lipinski definition) is 0. The fraction of sp³-hybridized carbons (Fsp3) is 0.750. The maximum Gasteiger partial charge on any atom is 0.274 e. The number of hydrogen-bond acceptors (Lipinski definition) is 3. The van der Waals surface area contributed by atoms with Gasteiger partial charge in [-0.25, -0.2) is 0 Å². The van der Waals surface area contributed by atoms with Crippen molar-refractivity contribution >= 4 is 11.8 Å². The van der Waals surface area contributed by atoms with Crippen LogP contribution in [0, 0.1) is 0 Å². The van der Waals surface area contributed by atoms with E-state index in [0.29, 0.717) is 18.3 Å². The quantitative estimate of drug-likeness (QED) is 0.810. The van der Waals surface area contributed by atoms with Crippen LogP contribution in [0.5, 0.6) is 0 Å². The first-order valence-electron chi connectivity index (χ1n) is 10.3. The third-order valence-corrected chi connectivity index (χ3v) is 5.73. The van der Waals surface area contributed by atoms with Gasteiger partial charge in [-0.15, -0.1) is 0 Å². The summed E-state index contributed by atoms with van der Waals surface area (Å²) in [6, 6.07) is 2.22. The number of amides is 2. The molecule has 0 atom stereocenters. The molecule has 0 N–H and O–H groups in total. The summed E-state index contributed by atoms with van der Waals surface area (Å²) < 4.78 is 1.96. The maximum absolute atomic E-state index is 12.8. The zero-order chi connectivity index (χ0) is 18.4. The summed E-state index contributed by atoms with van der Waals surface area (Å²) in [6.07, 6.45) is 12.5. The SMILES string of the molecule is CCN(CC(=O)N1CCCCCC1)C(=O)c1ccn(C2CCCCC2)n1. The minimum atomic E-state index is -0.134. The average Bonchev–Trinajstić information content (AvgIpc) is 3.01.